The molecule has 3 aromatic rings. The molecule has 0 amide bonds. The van der Waals surface area contributed by atoms with E-state index >= 15 is 0 Å². The molecule has 0 bridgehead atoms. The number of hydrogen-bond donors (Lipinski definition) is 0. The second-order valence-electron chi connectivity index (χ2n) is 5.52. The number of carbonyl (C=O) groups is 2. The van der Waals surface area contributed by atoms with Crippen molar-refractivity contribution in [3.8, 4) is 0 Å². The molecule has 0 saturated carbocycles. The second kappa shape index (κ2) is 10.9. The predicted molar refractivity (Wildman–Crippen MR) is 90.8 cm³/mol. The summed E-state index contributed by atoms with van der Waals surface area (Å²) < 4.78 is 29.7. The van der Waals surface area contributed by atoms with Crippen molar-refractivity contribution in [2.75, 3.05) is 0 Å². The first-order valence-corrected chi connectivity index (χ1v) is 10.0. The number of Topliss-reactive ketones (excluding diaryl/α,β-unsaturated/α-hetero) is 1. The molecule has 3 rings (SSSR count). The zero-order valence-corrected chi connectivity index (χ0v) is 21.6. The van der Waals surface area contributed by atoms with Crippen molar-refractivity contribution in [3.63, 3.8) is 0 Å². The molecule has 2 aromatic heterocycles. The van der Waals surface area contributed by atoms with E-state index in [1.54, 1.807) is 6.92 Å². The van der Waals surface area contributed by atoms with E-state index in [2.05, 4.69) is 9.51 Å². The number of aromatic nitrogens is 2. The number of fused-ring (bicyclic) bond motifs is 1. The summed E-state index contributed by atoms with van der Waals surface area (Å²) >= 11 is 0.994. The van der Waals surface area contributed by atoms with E-state index in [9.17, 15) is 28.3 Å². The van der Waals surface area contributed by atoms with Gasteiger partial charge in [0, 0.05) is 23.4 Å². The molecule has 142 valence electrons. The molecule has 0 spiro atoms. The molecule has 0 aliphatic carbocycles. The summed E-state index contributed by atoms with van der Waals surface area (Å²) in [7, 11) is -5.25. The SMILES string of the molecule is CCC(=O)c1csc(C(=O)c2cn(COP(=O)([O-])[O-])c3cc(F)ccc23)n1.[Na+].[Na+]. The summed E-state index contributed by atoms with van der Waals surface area (Å²) in [6.07, 6.45) is 1.50. The van der Waals surface area contributed by atoms with Crippen molar-refractivity contribution in [1.82, 2.24) is 9.55 Å². The number of phosphoric acid groups is 1. The largest absolute Gasteiger partial charge is 1.00 e. The molecule has 0 atom stereocenters. The third-order valence-corrected chi connectivity index (χ3v) is 5.02. The van der Waals surface area contributed by atoms with Crippen LogP contribution in [0.5, 0.6) is 0 Å². The van der Waals surface area contributed by atoms with Gasteiger partial charge in [0.25, 0.3) is 0 Å². The van der Waals surface area contributed by atoms with E-state index < -0.39 is 26.2 Å². The van der Waals surface area contributed by atoms with E-state index in [1.807, 2.05) is 0 Å². The Morgan fingerprint density at radius 3 is 2.62 bits per heavy atom. The molecule has 0 fully saturated rings. The molecule has 8 nitrogen and oxygen atoms in total. The Labute approximate surface area is 213 Å². The van der Waals surface area contributed by atoms with Crippen molar-refractivity contribution in [3.05, 3.63) is 51.9 Å². The average Bonchev–Trinajstić information content (AvgIpc) is 3.23. The Balaban J connectivity index is 0.00000210. The van der Waals surface area contributed by atoms with Gasteiger partial charge in [-0.3, -0.25) is 9.59 Å². The number of hydrogen-bond acceptors (Lipinski definition) is 8. The summed E-state index contributed by atoms with van der Waals surface area (Å²) in [4.78, 5) is 50.0. The molecular formula is C16H12FN2Na2O6PS. The first-order chi connectivity index (χ1) is 12.7. The molecule has 0 saturated heterocycles. The molecule has 0 N–H and O–H groups in total. The molecule has 0 unspecified atom stereocenters. The topological polar surface area (TPSA) is 124 Å². The predicted octanol–water partition coefficient (Wildman–Crippen LogP) is -4.13. The van der Waals surface area contributed by atoms with Crippen LogP contribution in [0.4, 0.5) is 4.39 Å². The first-order valence-electron chi connectivity index (χ1n) is 7.68. The third kappa shape index (κ3) is 6.38. The maximum Gasteiger partial charge on any atom is 1.00 e. The normalized spacial score (nSPS) is 11.0. The van der Waals surface area contributed by atoms with E-state index in [0.717, 1.165) is 28.0 Å². The Hall–Kier alpha value is -0.230. The molecule has 13 heteroatoms. The summed E-state index contributed by atoms with van der Waals surface area (Å²) in [5, 5.41) is 1.87. The van der Waals surface area contributed by atoms with Crippen LogP contribution in [0.15, 0.2) is 29.8 Å². The minimum absolute atomic E-state index is 0. The van der Waals surface area contributed by atoms with E-state index in [0.29, 0.717) is 5.39 Å². The minimum Gasteiger partial charge on any atom is -0.790 e. The number of benzene rings is 1. The number of phosphoric ester groups is 1. The van der Waals surface area contributed by atoms with Crippen LogP contribution in [0.1, 0.15) is 39.2 Å². The quantitative estimate of drug-likeness (QED) is 0.201. The van der Waals surface area contributed by atoms with Gasteiger partial charge in [-0.15, -0.1) is 11.3 Å². The summed E-state index contributed by atoms with van der Waals surface area (Å²) in [6.45, 7) is 0.977. The summed E-state index contributed by atoms with van der Waals surface area (Å²) in [5.41, 5.74) is 0.473. The van der Waals surface area contributed by atoms with Gasteiger partial charge in [0.1, 0.15) is 18.2 Å². The van der Waals surface area contributed by atoms with Crippen molar-refractivity contribution >= 4 is 41.6 Å². The molecule has 1 aromatic carbocycles. The Kier molecular flexibility index (Phi) is 10.1. The van der Waals surface area contributed by atoms with Gasteiger partial charge >= 0.3 is 59.1 Å². The molecule has 0 aliphatic heterocycles. The van der Waals surface area contributed by atoms with Crippen LogP contribution in [-0.2, 0) is 15.8 Å². The fourth-order valence-electron chi connectivity index (χ4n) is 2.49. The minimum atomic E-state index is -5.25. The molecule has 0 radical (unpaired) electrons. The van der Waals surface area contributed by atoms with Gasteiger partial charge in [-0.05, 0) is 18.2 Å². The molecule has 2 heterocycles. The molecular weight excluding hydrogens is 444 g/mol. The first kappa shape index (κ1) is 26.8. The van der Waals surface area contributed by atoms with Crippen LogP contribution >= 0.6 is 19.2 Å². The van der Waals surface area contributed by atoms with Crippen LogP contribution in [-0.4, -0.2) is 21.1 Å². The Bertz CT molecular complexity index is 1100. The van der Waals surface area contributed by atoms with Crippen molar-refractivity contribution < 1.29 is 92.0 Å². The van der Waals surface area contributed by atoms with Gasteiger partial charge < -0.3 is 23.4 Å². The van der Waals surface area contributed by atoms with Crippen LogP contribution in [0.3, 0.4) is 0 Å². The van der Waals surface area contributed by atoms with E-state index in [-0.39, 0.29) is 93.1 Å². The summed E-state index contributed by atoms with van der Waals surface area (Å²) in [6, 6.07) is 3.59. The van der Waals surface area contributed by atoms with Gasteiger partial charge in [0.2, 0.25) is 5.78 Å². The van der Waals surface area contributed by atoms with E-state index in [4.69, 9.17) is 0 Å². The summed E-state index contributed by atoms with van der Waals surface area (Å²) in [5.74, 6) is -1.33. The number of thiazole rings is 1. The van der Waals surface area contributed by atoms with Gasteiger partial charge in [-0.1, -0.05) is 6.92 Å². The number of halogens is 1. The van der Waals surface area contributed by atoms with Crippen LogP contribution in [0, 0.1) is 5.82 Å². The fourth-order valence-corrected chi connectivity index (χ4v) is 3.53. The van der Waals surface area contributed by atoms with Crippen LogP contribution in [0.25, 0.3) is 10.9 Å². The smallest absolute Gasteiger partial charge is 0.790 e. The maximum absolute atomic E-state index is 13.6. The van der Waals surface area contributed by atoms with Gasteiger partial charge in [0.15, 0.2) is 10.8 Å². The van der Waals surface area contributed by atoms with Gasteiger partial charge in [-0.2, -0.15) is 0 Å². The van der Waals surface area contributed by atoms with Crippen molar-refractivity contribution in [1.29, 1.82) is 0 Å². The van der Waals surface area contributed by atoms with Crippen molar-refractivity contribution in [2.45, 2.75) is 20.1 Å². The van der Waals surface area contributed by atoms with Gasteiger partial charge in [-0.25, -0.2) is 9.37 Å². The standard InChI is InChI=1S/C16H14FN2O6PS.2Na/c1-2-14(20)12-7-27-16(18-12)15(21)11-6-19(8-25-26(22,23)24)13-5-9(17)3-4-10(11)13;;/h3-7H,2,8H2,1H3,(H2,22,23,24);;/q;2*+1/p-2. The number of nitrogens with zero attached hydrogens (tertiary/aromatic N) is 2. The molecule has 29 heavy (non-hydrogen) atoms. The molecule has 0 aliphatic rings. The third-order valence-electron chi connectivity index (χ3n) is 3.75. The zero-order valence-electron chi connectivity index (χ0n) is 15.9. The number of carbonyl (C=O) groups excluding carboxylic acids is 2. The average molecular weight is 456 g/mol. The van der Waals surface area contributed by atoms with Crippen molar-refractivity contribution in [2.24, 2.45) is 0 Å². The Morgan fingerprint density at radius 2 is 2.00 bits per heavy atom. The number of ketones is 2. The Morgan fingerprint density at radius 1 is 1.31 bits per heavy atom. The fraction of sp³-hybridized carbons (Fsp3) is 0.188. The second-order valence-corrected chi connectivity index (χ2v) is 7.53. The zero-order chi connectivity index (χ0) is 19.8. The monoisotopic (exact) mass is 456 g/mol. The van der Waals surface area contributed by atoms with Gasteiger partial charge in [0.05, 0.1) is 18.9 Å². The van der Waals surface area contributed by atoms with Crippen LogP contribution < -0.4 is 68.9 Å². The number of rotatable bonds is 7. The maximum atomic E-state index is 13.6. The van der Waals surface area contributed by atoms with E-state index in [1.165, 1.54) is 17.6 Å². The van der Waals surface area contributed by atoms with Crippen LogP contribution in [0.2, 0.25) is 0 Å².